The molecule has 0 spiro atoms. The Morgan fingerprint density at radius 2 is 2.11 bits per heavy atom. The fraction of sp³-hybridized carbons (Fsp3) is 0.929. The Labute approximate surface area is 116 Å². The summed E-state index contributed by atoms with van der Waals surface area (Å²) in [5.41, 5.74) is 10.9. The molecule has 4 N–H and O–H groups in total. The minimum atomic E-state index is -0.784. The number of amides is 1. The lowest BCUT2D eigenvalue weighted by Gasteiger charge is -2.42. The summed E-state index contributed by atoms with van der Waals surface area (Å²) in [6.45, 7) is 2.22. The number of carbonyl (C=O) groups excluding carboxylic acids is 1. The number of rotatable bonds is 4. The van der Waals surface area contributed by atoms with E-state index in [1.54, 1.807) is 0 Å². The van der Waals surface area contributed by atoms with Crippen molar-refractivity contribution in [2.75, 3.05) is 27.2 Å². The van der Waals surface area contributed by atoms with Crippen LogP contribution in [0.1, 0.15) is 38.5 Å². The molecule has 2 aliphatic rings. The van der Waals surface area contributed by atoms with Crippen LogP contribution >= 0.6 is 0 Å². The molecule has 1 aliphatic heterocycles. The standard InChI is InChI=1S/C14H28N4O/c1-17(2)10-12-6-4-8-18(12)11-5-3-7-14(16,9-11)13(15)19/h11-12H,3-10,16H2,1-2H3,(H2,15,19). The van der Waals surface area contributed by atoms with E-state index < -0.39 is 5.54 Å². The molecule has 3 unspecified atom stereocenters. The molecule has 5 nitrogen and oxygen atoms in total. The maximum absolute atomic E-state index is 11.6. The van der Waals surface area contributed by atoms with Gasteiger partial charge in [0.15, 0.2) is 0 Å². The summed E-state index contributed by atoms with van der Waals surface area (Å²) >= 11 is 0. The fourth-order valence-corrected chi connectivity index (χ4v) is 3.74. The second-order valence-electron chi connectivity index (χ2n) is 6.57. The summed E-state index contributed by atoms with van der Waals surface area (Å²) in [7, 11) is 4.24. The lowest BCUT2D eigenvalue weighted by Crippen LogP contribution is -2.59. The third kappa shape index (κ3) is 3.27. The molecule has 1 aliphatic carbocycles. The maximum atomic E-state index is 11.6. The quantitative estimate of drug-likeness (QED) is 0.760. The minimum absolute atomic E-state index is 0.333. The van der Waals surface area contributed by atoms with Crippen LogP contribution in [0.15, 0.2) is 0 Å². The van der Waals surface area contributed by atoms with Gasteiger partial charge in [-0.05, 0) is 59.2 Å². The highest BCUT2D eigenvalue weighted by Crippen LogP contribution is 2.33. The Morgan fingerprint density at radius 1 is 1.37 bits per heavy atom. The van der Waals surface area contributed by atoms with Crippen LogP contribution in [0.2, 0.25) is 0 Å². The van der Waals surface area contributed by atoms with E-state index >= 15 is 0 Å². The zero-order valence-electron chi connectivity index (χ0n) is 12.3. The average Bonchev–Trinajstić information content (AvgIpc) is 2.76. The first-order valence-corrected chi connectivity index (χ1v) is 7.41. The van der Waals surface area contributed by atoms with Crippen molar-refractivity contribution >= 4 is 5.91 Å². The van der Waals surface area contributed by atoms with Crippen LogP contribution in [0.5, 0.6) is 0 Å². The number of nitrogens with zero attached hydrogens (tertiary/aromatic N) is 2. The van der Waals surface area contributed by atoms with E-state index in [1.807, 2.05) is 0 Å². The third-order valence-electron chi connectivity index (χ3n) is 4.72. The molecule has 19 heavy (non-hydrogen) atoms. The molecule has 110 valence electrons. The van der Waals surface area contributed by atoms with Gasteiger partial charge in [0.1, 0.15) is 0 Å². The zero-order valence-corrected chi connectivity index (χ0v) is 12.3. The van der Waals surface area contributed by atoms with Crippen LogP contribution in [-0.2, 0) is 4.79 Å². The third-order valence-corrected chi connectivity index (χ3v) is 4.72. The van der Waals surface area contributed by atoms with Crippen LogP contribution in [0.25, 0.3) is 0 Å². The van der Waals surface area contributed by atoms with E-state index in [2.05, 4.69) is 23.9 Å². The number of likely N-dealkylation sites (tertiary alicyclic amines) is 1. The Bertz CT molecular complexity index is 333. The molecule has 2 rings (SSSR count). The lowest BCUT2D eigenvalue weighted by molar-refractivity contribution is -0.125. The largest absolute Gasteiger partial charge is 0.368 e. The van der Waals surface area contributed by atoms with Crippen molar-refractivity contribution in [2.45, 2.75) is 56.1 Å². The average molecular weight is 268 g/mol. The summed E-state index contributed by atoms with van der Waals surface area (Å²) in [6.07, 6.45) is 6.13. The number of hydrogen-bond acceptors (Lipinski definition) is 4. The first kappa shape index (κ1) is 14.8. The molecule has 0 aromatic heterocycles. The molecule has 1 heterocycles. The van der Waals surface area contributed by atoms with E-state index in [-0.39, 0.29) is 5.91 Å². The molecule has 0 aromatic carbocycles. The number of carbonyl (C=O) groups is 1. The minimum Gasteiger partial charge on any atom is -0.368 e. The Kier molecular flexibility index (Phi) is 4.48. The van der Waals surface area contributed by atoms with Crippen LogP contribution in [-0.4, -0.2) is 60.5 Å². The molecule has 3 atom stereocenters. The predicted molar refractivity (Wildman–Crippen MR) is 76.7 cm³/mol. The van der Waals surface area contributed by atoms with Gasteiger partial charge >= 0.3 is 0 Å². The van der Waals surface area contributed by atoms with Crippen molar-refractivity contribution in [2.24, 2.45) is 11.5 Å². The molecule has 1 amide bonds. The highest BCUT2D eigenvalue weighted by Gasteiger charge is 2.42. The molecule has 0 aromatic rings. The summed E-state index contributed by atoms with van der Waals surface area (Å²) in [5, 5.41) is 0. The first-order valence-electron chi connectivity index (χ1n) is 7.41. The van der Waals surface area contributed by atoms with E-state index in [1.165, 1.54) is 12.8 Å². The van der Waals surface area contributed by atoms with Crippen molar-refractivity contribution in [3.05, 3.63) is 0 Å². The van der Waals surface area contributed by atoms with Gasteiger partial charge in [0.2, 0.25) is 5.91 Å². The summed E-state index contributed by atoms with van der Waals surface area (Å²) in [4.78, 5) is 16.4. The number of primary amides is 1. The smallest absolute Gasteiger partial charge is 0.237 e. The van der Waals surface area contributed by atoms with Crippen molar-refractivity contribution < 1.29 is 4.79 Å². The zero-order chi connectivity index (χ0) is 14.0. The summed E-state index contributed by atoms with van der Waals surface area (Å²) in [6, 6.07) is 1.04. The van der Waals surface area contributed by atoms with Gasteiger partial charge in [-0.25, -0.2) is 0 Å². The second-order valence-corrected chi connectivity index (χ2v) is 6.57. The van der Waals surface area contributed by atoms with Crippen molar-refractivity contribution in [3.8, 4) is 0 Å². The Hall–Kier alpha value is -0.650. The first-order chi connectivity index (χ1) is 8.92. The molecular weight excluding hydrogens is 240 g/mol. The number of hydrogen-bond donors (Lipinski definition) is 2. The topological polar surface area (TPSA) is 75.6 Å². The van der Waals surface area contributed by atoms with E-state index in [0.29, 0.717) is 12.1 Å². The van der Waals surface area contributed by atoms with Crippen LogP contribution < -0.4 is 11.5 Å². The lowest BCUT2D eigenvalue weighted by atomic mass is 9.78. The monoisotopic (exact) mass is 268 g/mol. The normalized spacial score (nSPS) is 36.8. The molecular formula is C14H28N4O. The summed E-state index contributed by atoms with van der Waals surface area (Å²) < 4.78 is 0. The van der Waals surface area contributed by atoms with Gasteiger partial charge in [-0.15, -0.1) is 0 Å². The SMILES string of the molecule is CN(C)CC1CCCN1C1CCCC(N)(C(N)=O)C1. The highest BCUT2D eigenvalue weighted by atomic mass is 16.1. The molecule has 0 bridgehead atoms. The predicted octanol–water partition coefficient (Wildman–Crippen LogP) is 0.138. The maximum Gasteiger partial charge on any atom is 0.237 e. The van der Waals surface area contributed by atoms with Crippen LogP contribution in [0, 0.1) is 0 Å². The molecule has 2 fully saturated rings. The van der Waals surface area contributed by atoms with E-state index in [9.17, 15) is 4.79 Å². The van der Waals surface area contributed by atoms with Gasteiger partial charge in [-0.2, -0.15) is 0 Å². The fourth-order valence-electron chi connectivity index (χ4n) is 3.74. The van der Waals surface area contributed by atoms with Crippen molar-refractivity contribution in [1.82, 2.24) is 9.80 Å². The second kappa shape index (κ2) is 5.77. The van der Waals surface area contributed by atoms with Gasteiger partial charge in [0.25, 0.3) is 0 Å². The Morgan fingerprint density at radius 3 is 2.74 bits per heavy atom. The van der Waals surface area contributed by atoms with Crippen molar-refractivity contribution in [3.63, 3.8) is 0 Å². The van der Waals surface area contributed by atoms with Crippen molar-refractivity contribution in [1.29, 1.82) is 0 Å². The van der Waals surface area contributed by atoms with E-state index in [4.69, 9.17) is 11.5 Å². The molecule has 1 saturated carbocycles. The molecule has 0 radical (unpaired) electrons. The highest BCUT2D eigenvalue weighted by molar-refractivity contribution is 5.84. The van der Waals surface area contributed by atoms with Crippen LogP contribution in [0.4, 0.5) is 0 Å². The van der Waals surface area contributed by atoms with Gasteiger partial charge in [-0.3, -0.25) is 9.69 Å². The molecule has 5 heteroatoms. The number of likely N-dealkylation sites (N-methyl/N-ethyl adjacent to an activating group) is 1. The molecule has 1 saturated heterocycles. The van der Waals surface area contributed by atoms with Crippen LogP contribution in [0.3, 0.4) is 0 Å². The van der Waals surface area contributed by atoms with Gasteiger partial charge in [0, 0.05) is 18.6 Å². The van der Waals surface area contributed by atoms with Gasteiger partial charge in [-0.1, -0.05) is 0 Å². The Balaban J connectivity index is 2.02. The van der Waals surface area contributed by atoms with Gasteiger partial charge < -0.3 is 16.4 Å². The van der Waals surface area contributed by atoms with Gasteiger partial charge in [0.05, 0.1) is 5.54 Å². The summed E-state index contributed by atoms with van der Waals surface area (Å²) in [5.74, 6) is -0.333. The number of nitrogens with two attached hydrogens (primary N) is 2. The van der Waals surface area contributed by atoms with E-state index in [0.717, 1.165) is 38.8 Å².